The summed E-state index contributed by atoms with van der Waals surface area (Å²) in [5, 5.41) is 8.71. The topological polar surface area (TPSA) is 49.8 Å². The zero-order valence-corrected chi connectivity index (χ0v) is 9.56. The number of benzene rings is 1. The van der Waals surface area contributed by atoms with Gasteiger partial charge in [-0.25, -0.2) is 0 Å². The molecule has 1 rings (SSSR count). The van der Waals surface area contributed by atoms with Crippen LogP contribution in [-0.4, -0.2) is 0 Å². The van der Waals surface area contributed by atoms with Gasteiger partial charge in [-0.2, -0.15) is 18.4 Å². The summed E-state index contributed by atoms with van der Waals surface area (Å²) in [6.07, 6.45) is -4.51. The summed E-state index contributed by atoms with van der Waals surface area (Å²) in [5.41, 5.74) is 4.26. The van der Waals surface area contributed by atoms with Gasteiger partial charge in [0.05, 0.1) is 11.1 Å². The summed E-state index contributed by atoms with van der Waals surface area (Å²) in [5.74, 6) is 0. The second-order valence-corrected chi connectivity index (χ2v) is 3.92. The van der Waals surface area contributed by atoms with Crippen LogP contribution in [0.3, 0.4) is 0 Å². The molecule has 0 saturated heterocycles. The van der Waals surface area contributed by atoms with E-state index in [-0.39, 0.29) is 17.7 Å². The van der Waals surface area contributed by atoms with E-state index in [4.69, 9.17) is 11.0 Å². The van der Waals surface area contributed by atoms with Crippen molar-refractivity contribution < 1.29 is 13.2 Å². The van der Waals surface area contributed by atoms with Gasteiger partial charge in [0.15, 0.2) is 0 Å². The molecule has 0 unspecified atom stereocenters. The maximum atomic E-state index is 12.5. The maximum absolute atomic E-state index is 12.5. The van der Waals surface area contributed by atoms with Crippen LogP contribution in [0, 0.1) is 14.9 Å². The van der Waals surface area contributed by atoms with Gasteiger partial charge in [-0.1, -0.05) is 0 Å². The Morgan fingerprint density at radius 1 is 1.40 bits per heavy atom. The Bertz CT molecular complexity index is 421. The summed E-state index contributed by atoms with van der Waals surface area (Å²) in [6.45, 7) is -0.0783. The molecule has 0 heterocycles. The number of rotatable bonds is 1. The lowest BCUT2D eigenvalue weighted by atomic mass is 10.0. The van der Waals surface area contributed by atoms with Gasteiger partial charge in [0.2, 0.25) is 0 Å². The number of halogens is 4. The molecule has 0 aliphatic rings. The van der Waals surface area contributed by atoms with Crippen LogP contribution in [0.2, 0.25) is 0 Å². The van der Waals surface area contributed by atoms with Crippen LogP contribution in [0.1, 0.15) is 16.7 Å². The van der Waals surface area contributed by atoms with Crippen LogP contribution in [0.4, 0.5) is 13.2 Å². The number of nitrogens with zero attached hydrogens (tertiary/aromatic N) is 1. The van der Waals surface area contributed by atoms with Crippen molar-refractivity contribution in [1.29, 1.82) is 5.26 Å². The smallest absolute Gasteiger partial charge is 0.326 e. The van der Waals surface area contributed by atoms with Gasteiger partial charge in [0.1, 0.15) is 6.07 Å². The molecule has 0 aliphatic heterocycles. The first kappa shape index (κ1) is 12.3. The van der Waals surface area contributed by atoms with Gasteiger partial charge in [-0.05, 0) is 40.3 Å². The number of nitrogens with two attached hydrogens (primary N) is 1. The highest BCUT2D eigenvalue weighted by Crippen LogP contribution is 2.34. The van der Waals surface area contributed by atoms with Crippen molar-refractivity contribution in [3.05, 3.63) is 32.4 Å². The van der Waals surface area contributed by atoms with Crippen molar-refractivity contribution in [3.63, 3.8) is 0 Å². The first-order chi connectivity index (χ1) is 6.91. The predicted octanol–water partition coefficient (Wildman–Crippen LogP) is 2.64. The van der Waals surface area contributed by atoms with Gasteiger partial charge in [-0.15, -0.1) is 0 Å². The number of hydrogen-bond donors (Lipinski definition) is 1. The van der Waals surface area contributed by atoms with E-state index in [1.807, 2.05) is 22.6 Å². The van der Waals surface area contributed by atoms with E-state index < -0.39 is 11.7 Å². The second-order valence-electron chi connectivity index (χ2n) is 2.76. The molecule has 0 saturated carbocycles. The Balaban J connectivity index is 3.51. The molecule has 0 atom stereocenters. The molecule has 0 bridgehead atoms. The standard InChI is InChI=1S/C9H6F3IN2/c10-9(11,12)7-1-2-8(13)6(4-15)5(7)3-14/h1-2H,4,15H2. The van der Waals surface area contributed by atoms with Crippen molar-refractivity contribution >= 4 is 22.6 Å². The van der Waals surface area contributed by atoms with E-state index in [2.05, 4.69) is 0 Å². The average molecular weight is 326 g/mol. The summed E-state index contributed by atoms with van der Waals surface area (Å²) < 4.78 is 38.0. The number of hydrogen-bond acceptors (Lipinski definition) is 2. The number of nitriles is 1. The van der Waals surface area contributed by atoms with E-state index in [0.29, 0.717) is 3.57 Å². The third-order valence-electron chi connectivity index (χ3n) is 1.88. The predicted molar refractivity (Wildman–Crippen MR) is 56.8 cm³/mol. The molecule has 2 N–H and O–H groups in total. The summed E-state index contributed by atoms with van der Waals surface area (Å²) in [7, 11) is 0. The fourth-order valence-corrected chi connectivity index (χ4v) is 1.86. The highest BCUT2D eigenvalue weighted by atomic mass is 127. The molecule has 15 heavy (non-hydrogen) atoms. The molecule has 1 aromatic carbocycles. The van der Waals surface area contributed by atoms with Crippen LogP contribution in [-0.2, 0) is 12.7 Å². The molecule has 0 spiro atoms. The first-order valence-electron chi connectivity index (χ1n) is 3.90. The average Bonchev–Trinajstić information content (AvgIpc) is 2.15. The molecule has 80 valence electrons. The van der Waals surface area contributed by atoms with E-state index in [9.17, 15) is 13.2 Å². The molecule has 0 amide bonds. The van der Waals surface area contributed by atoms with Crippen LogP contribution in [0.25, 0.3) is 0 Å². The van der Waals surface area contributed by atoms with E-state index >= 15 is 0 Å². The van der Waals surface area contributed by atoms with E-state index in [1.165, 1.54) is 6.07 Å². The van der Waals surface area contributed by atoms with Crippen molar-refractivity contribution in [2.24, 2.45) is 5.73 Å². The van der Waals surface area contributed by atoms with Crippen molar-refractivity contribution in [2.75, 3.05) is 0 Å². The fraction of sp³-hybridized carbons (Fsp3) is 0.222. The van der Waals surface area contributed by atoms with Gasteiger partial charge < -0.3 is 5.73 Å². The van der Waals surface area contributed by atoms with Crippen LogP contribution >= 0.6 is 22.6 Å². The molecule has 1 aromatic rings. The quantitative estimate of drug-likeness (QED) is 0.807. The minimum atomic E-state index is -4.51. The Labute approximate surface area is 98.0 Å². The van der Waals surface area contributed by atoms with E-state index in [1.54, 1.807) is 6.07 Å². The maximum Gasteiger partial charge on any atom is 0.417 e. The lowest BCUT2D eigenvalue weighted by Gasteiger charge is -2.12. The van der Waals surface area contributed by atoms with Crippen molar-refractivity contribution in [2.45, 2.75) is 12.7 Å². The zero-order valence-electron chi connectivity index (χ0n) is 7.40. The summed E-state index contributed by atoms with van der Waals surface area (Å²) in [4.78, 5) is 0. The minimum absolute atomic E-state index is 0.0783. The minimum Gasteiger partial charge on any atom is -0.326 e. The van der Waals surface area contributed by atoms with Crippen molar-refractivity contribution in [3.8, 4) is 6.07 Å². The third kappa shape index (κ3) is 2.41. The molecule has 0 radical (unpaired) electrons. The fourth-order valence-electron chi connectivity index (χ4n) is 1.19. The lowest BCUT2D eigenvalue weighted by molar-refractivity contribution is -0.137. The Morgan fingerprint density at radius 2 is 2.00 bits per heavy atom. The highest BCUT2D eigenvalue weighted by Gasteiger charge is 2.34. The third-order valence-corrected chi connectivity index (χ3v) is 2.89. The first-order valence-corrected chi connectivity index (χ1v) is 4.98. The second kappa shape index (κ2) is 4.37. The lowest BCUT2D eigenvalue weighted by Crippen LogP contribution is -2.12. The highest BCUT2D eigenvalue weighted by molar-refractivity contribution is 14.1. The molecular formula is C9H6F3IN2. The van der Waals surface area contributed by atoms with Crippen LogP contribution in [0.5, 0.6) is 0 Å². The van der Waals surface area contributed by atoms with Crippen molar-refractivity contribution in [1.82, 2.24) is 0 Å². The molecule has 0 aliphatic carbocycles. The largest absolute Gasteiger partial charge is 0.417 e. The molecule has 2 nitrogen and oxygen atoms in total. The van der Waals surface area contributed by atoms with Gasteiger partial charge in [-0.3, -0.25) is 0 Å². The molecule has 0 fully saturated rings. The zero-order chi connectivity index (χ0) is 11.6. The van der Waals surface area contributed by atoms with Crippen LogP contribution in [0.15, 0.2) is 12.1 Å². The van der Waals surface area contributed by atoms with Gasteiger partial charge >= 0.3 is 6.18 Å². The summed E-state index contributed by atoms with van der Waals surface area (Å²) >= 11 is 1.86. The Kier molecular flexibility index (Phi) is 3.57. The van der Waals surface area contributed by atoms with Gasteiger partial charge in [0, 0.05) is 10.1 Å². The monoisotopic (exact) mass is 326 g/mol. The van der Waals surface area contributed by atoms with E-state index in [0.717, 1.165) is 6.07 Å². The van der Waals surface area contributed by atoms with Crippen LogP contribution < -0.4 is 5.73 Å². The number of alkyl halides is 3. The SMILES string of the molecule is N#Cc1c(C(F)(F)F)ccc(I)c1CN. The Morgan fingerprint density at radius 3 is 2.40 bits per heavy atom. The molecule has 0 aromatic heterocycles. The molecule has 6 heteroatoms. The normalized spacial score (nSPS) is 11.2. The molecular weight excluding hydrogens is 320 g/mol. The van der Waals surface area contributed by atoms with Gasteiger partial charge in [0.25, 0.3) is 0 Å². The Hall–Kier alpha value is -0.810. The summed E-state index contributed by atoms with van der Waals surface area (Å²) in [6, 6.07) is 3.77.